The molecule has 40 heavy (non-hydrogen) atoms. The van der Waals surface area contributed by atoms with Crippen LogP contribution < -0.4 is 14.4 Å². The molecule has 0 saturated heterocycles. The lowest BCUT2D eigenvalue weighted by molar-refractivity contribution is -0.139. The van der Waals surface area contributed by atoms with Gasteiger partial charge in [0, 0.05) is 13.1 Å². The van der Waals surface area contributed by atoms with E-state index in [0.29, 0.717) is 12.3 Å². The van der Waals surface area contributed by atoms with Crippen LogP contribution in [0.15, 0.2) is 77.7 Å². The monoisotopic (exact) mass is 585 g/mol. The predicted octanol–water partition coefficient (Wildman–Crippen LogP) is 5.04. The van der Waals surface area contributed by atoms with Crippen LogP contribution in [0.2, 0.25) is 5.02 Å². The molecule has 0 radical (unpaired) electrons. The smallest absolute Gasteiger partial charge is 0.264 e. The van der Waals surface area contributed by atoms with Gasteiger partial charge >= 0.3 is 0 Å². The summed E-state index contributed by atoms with van der Waals surface area (Å²) >= 11 is 6.35. The van der Waals surface area contributed by atoms with E-state index >= 15 is 0 Å². The number of sulfonamides is 1. The number of nitrogens with one attached hydrogen (secondary N) is 1. The van der Waals surface area contributed by atoms with Crippen molar-refractivity contribution in [2.45, 2.75) is 45.2 Å². The number of halogens is 1. The molecule has 3 rings (SSSR count). The zero-order valence-electron chi connectivity index (χ0n) is 23.4. The molecule has 0 aliphatic heterocycles. The highest BCUT2D eigenvalue weighted by molar-refractivity contribution is 7.92. The molecule has 0 aromatic heterocycles. The van der Waals surface area contributed by atoms with E-state index in [0.717, 1.165) is 15.4 Å². The molecule has 0 spiro atoms. The third-order valence-electron chi connectivity index (χ3n) is 6.32. The molecule has 0 bridgehead atoms. The number of carbonyl (C=O) groups is 2. The Bertz CT molecular complexity index is 1430. The summed E-state index contributed by atoms with van der Waals surface area (Å²) in [6.07, 6.45) is 0. The Balaban J connectivity index is 2.04. The third-order valence-corrected chi connectivity index (χ3v) is 8.40. The maximum absolute atomic E-state index is 14.0. The van der Waals surface area contributed by atoms with Gasteiger partial charge in [0.1, 0.15) is 18.3 Å². The predicted molar refractivity (Wildman–Crippen MR) is 158 cm³/mol. The molecule has 0 saturated carbocycles. The molecule has 8 nitrogen and oxygen atoms in total. The van der Waals surface area contributed by atoms with Gasteiger partial charge in [-0.2, -0.15) is 0 Å². The molecule has 3 aromatic carbocycles. The van der Waals surface area contributed by atoms with Gasteiger partial charge in [-0.15, -0.1) is 0 Å². The molecule has 3 aromatic rings. The minimum atomic E-state index is -4.18. The first-order valence-electron chi connectivity index (χ1n) is 13.0. The lowest BCUT2D eigenvalue weighted by Crippen LogP contribution is -2.51. The number of nitrogens with zero attached hydrogens (tertiary/aromatic N) is 2. The molecule has 0 aliphatic carbocycles. The Hall–Kier alpha value is -3.56. The Morgan fingerprint density at radius 3 is 2.27 bits per heavy atom. The van der Waals surface area contributed by atoms with E-state index < -0.39 is 28.5 Å². The minimum Gasteiger partial charge on any atom is -0.495 e. The molecule has 0 aliphatic rings. The number of ether oxygens (including phenoxy) is 1. The van der Waals surface area contributed by atoms with E-state index in [1.54, 1.807) is 31.2 Å². The van der Waals surface area contributed by atoms with Crippen molar-refractivity contribution in [3.63, 3.8) is 0 Å². The van der Waals surface area contributed by atoms with Gasteiger partial charge in [-0.1, -0.05) is 73.5 Å². The first-order valence-corrected chi connectivity index (χ1v) is 14.8. The number of amides is 2. The fourth-order valence-corrected chi connectivity index (χ4v) is 5.78. The average Bonchev–Trinajstić information content (AvgIpc) is 2.93. The van der Waals surface area contributed by atoms with Crippen LogP contribution in [-0.4, -0.2) is 51.4 Å². The van der Waals surface area contributed by atoms with Crippen LogP contribution in [0.3, 0.4) is 0 Å². The quantitative estimate of drug-likeness (QED) is 0.321. The Labute approximate surface area is 241 Å². The van der Waals surface area contributed by atoms with Crippen LogP contribution in [0.4, 0.5) is 5.69 Å². The van der Waals surface area contributed by atoms with Crippen molar-refractivity contribution in [3.05, 3.63) is 88.9 Å². The summed E-state index contributed by atoms with van der Waals surface area (Å²) in [5.41, 5.74) is 2.01. The Kier molecular flexibility index (Phi) is 10.6. The zero-order chi connectivity index (χ0) is 29.4. The number of carbonyl (C=O) groups excluding carboxylic acids is 2. The standard InChI is InChI=1S/C30H36ClN3O5S/c1-21(2)18-32-30(36)23(4)33(19-24-11-9-10-22(3)16-24)29(35)20-34(25-14-15-28(39-5)27(31)17-25)40(37,38)26-12-7-6-8-13-26/h6-17,21,23H,18-20H2,1-5H3,(H,32,36). The summed E-state index contributed by atoms with van der Waals surface area (Å²) < 4.78 is 33.9. The molecule has 0 heterocycles. The Morgan fingerprint density at radius 2 is 1.68 bits per heavy atom. The van der Waals surface area contributed by atoms with Gasteiger partial charge in [-0.05, 0) is 55.7 Å². The van der Waals surface area contributed by atoms with Gasteiger partial charge < -0.3 is 15.0 Å². The molecule has 10 heteroatoms. The zero-order valence-corrected chi connectivity index (χ0v) is 25.0. The SMILES string of the molecule is COc1ccc(N(CC(=O)N(Cc2cccc(C)c2)C(C)C(=O)NCC(C)C)S(=O)(=O)c2ccccc2)cc1Cl. The van der Waals surface area contributed by atoms with Gasteiger partial charge in [0.2, 0.25) is 11.8 Å². The molecular weight excluding hydrogens is 550 g/mol. The summed E-state index contributed by atoms with van der Waals surface area (Å²) in [6.45, 7) is 7.57. The van der Waals surface area contributed by atoms with E-state index in [4.69, 9.17) is 16.3 Å². The van der Waals surface area contributed by atoms with Crippen molar-refractivity contribution in [2.24, 2.45) is 5.92 Å². The van der Waals surface area contributed by atoms with E-state index in [-0.39, 0.29) is 34.0 Å². The molecule has 1 unspecified atom stereocenters. The van der Waals surface area contributed by atoms with Crippen LogP contribution in [0.25, 0.3) is 0 Å². The average molecular weight is 586 g/mol. The first kappa shape index (κ1) is 31.0. The minimum absolute atomic E-state index is 0.0164. The second-order valence-electron chi connectivity index (χ2n) is 9.97. The van der Waals surface area contributed by atoms with Crippen molar-refractivity contribution >= 4 is 39.1 Å². The number of aryl methyl sites for hydroxylation is 1. The molecule has 2 amide bonds. The van der Waals surface area contributed by atoms with Gasteiger partial charge in [0.15, 0.2) is 0 Å². The Morgan fingerprint density at radius 1 is 0.975 bits per heavy atom. The van der Waals surface area contributed by atoms with Crippen molar-refractivity contribution in [3.8, 4) is 5.75 Å². The number of hydrogen-bond donors (Lipinski definition) is 1. The highest BCUT2D eigenvalue weighted by atomic mass is 35.5. The number of methoxy groups -OCH3 is 1. The number of benzene rings is 3. The summed E-state index contributed by atoms with van der Waals surface area (Å²) in [5.74, 6) is -0.270. The van der Waals surface area contributed by atoms with Crippen LogP contribution in [-0.2, 0) is 26.2 Å². The van der Waals surface area contributed by atoms with Gasteiger partial charge in [0.05, 0.1) is 22.7 Å². The van der Waals surface area contributed by atoms with E-state index in [1.807, 2.05) is 45.0 Å². The van der Waals surface area contributed by atoms with Crippen LogP contribution in [0.1, 0.15) is 31.9 Å². The van der Waals surface area contributed by atoms with E-state index in [1.165, 1.54) is 36.3 Å². The van der Waals surface area contributed by atoms with E-state index in [2.05, 4.69) is 5.32 Å². The number of anilines is 1. The summed E-state index contributed by atoms with van der Waals surface area (Å²) in [7, 11) is -2.72. The largest absolute Gasteiger partial charge is 0.495 e. The van der Waals surface area contributed by atoms with Crippen molar-refractivity contribution < 1.29 is 22.7 Å². The summed E-state index contributed by atoms with van der Waals surface area (Å²) in [5, 5.41) is 3.07. The fraction of sp³-hybridized carbons (Fsp3) is 0.333. The second kappa shape index (κ2) is 13.7. The summed E-state index contributed by atoms with van der Waals surface area (Å²) in [6, 6.07) is 19.1. The number of rotatable bonds is 12. The second-order valence-corrected chi connectivity index (χ2v) is 12.2. The molecular formula is C30H36ClN3O5S. The van der Waals surface area contributed by atoms with Crippen molar-refractivity contribution in [1.29, 1.82) is 0 Å². The van der Waals surface area contributed by atoms with Crippen LogP contribution >= 0.6 is 11.6 Å². The fourth-order valence-electron chi connectivity index (χ4n) is 4.10. The topological polar surface area (TPSA) is 96.0 Å². The normalized spacial score (nSPS) is 12.1. The summed E-state index contributed by atoms with van der Waals surface area (Å²) in [4.78, 5) is 28.5. The highest BCUT2D eigenvalue weighted by Gasteiger charge is 2.32. The lowest BCUT2D eigenvalue weighted by Gasteiger charge is -2.32. The molecule has 1 N–H and O–H groups in total. The maximum Gasteiger partial charge on any atom is 0.264 e. The van der Waals surface area contributed by atoms with Crippen molar-refractivity contribution in [1.82, 2.24) is 10.2 Å². The van der Waals surface area contributed by atoms with Crippen molar-refractivity contribution in [2.75, 3.05) is 24.5 Å². The maximum atomic E-state index is 14.0. The molecule has 0 fully saturated rings. The van der Waals surface area contributed by atoms with Gasteiger partial charge in [-0.3, -0.25) is 13.9 Å². The third kappa shape index (κ3) is 7.76. The number of hydrogen-bond acceptors (Lipinski definition) is 5. The molecule has 214 valence electrons. The van der Waals surface area contributed by atoms with Gasteiger partial charge in [-0.25, -0.2) is 8.42 Å². The van der Waals surface area contributed by atoms with Gasteiger partial charge in [0.25, 0.3) is 10.0 Å². The lowest BCUT2D eigenvalue weighted by atomic mass is 10.1. The first-order chi connectivity index (χ1) is 18.9. The van der Waals surface area contributed by atoms with E-state index in [9.17, 15) is 18.0 Å². The molecule has 1 atom stereocenters. The highest BCUT2D eigenvalue weighted by Crippen LogP contribution is 2.32. The van der Waals surface area contributed by atoms with Crippen LogP contribution in [0.5, 0.6) is 5.75 Å². The van der Waals surface area contributed by atoms with Crippen LogP contribution in [0, 0.1) is 12.8 Å².